The summed E-state index contributed by atoms with van der Waals surface area (Å²) in [5, 5.41) is 0. The van der Waals surface area contributed by atoms with Crippen molar-refractivity contribution in [1.82, 2.24) is 0 Å². The lowest BCUT2D eigenvalue weighted by atomic mass is 9.82. The zero-order chi connectivity index (χ0) is 13.2. The number of carbonyl (C=O) groups is 1. The maximum absolute atomic E-state index is 12.7. The highest BCUT2D eigenvalue weighted by Gasteiger charge is 2.41. The van der Waals surface area contributed by atoms with Crippen molar-refractivity contribution in [1.29, 1.82) is 0 Å². The Labute approximate surface area is 109 Å². The van der Waals surface area contributed by atoms with E-state index in [0.29, 0.717) is 5.69 Å². The third-order valence-corrected chi connectivity index (χ3v) is 4.29. The van der Waals surface area contributed by atoms with Crippen LogP contribution < -0.4 is 10.6 Å². The van der Waals surface area contributed by atoms with E-state index in [-0.39, 0.29) is 11.3 Å². The van der Waals surface area contributed by atoms with Crippen LogP contribution in [0.3, 0.4) is 0 Å². The van der Waals surface area contributed by atoms with E-state index in [1.807, 2.05) is 31.3 Å². The Balaban J connectivity index is 2.26. The van der Waals surface area contributed by atoms with Gasteiger partial charge in [0.25, 0.3) is 0 Å². The summed E-state index contributed by atoms with van der Waals surface area (Å²) < 4.78 is 0. The number of anilines is 2. The van der Waals surface area contributed by atoms with Gasteiger partial charge in [-0.2, -0.15) is 0 Å². The first-order valence-electron chi connectivity index (χ1n) is 6.73. The molecule has 0 unspecified atom stereocenters. The Hall–Kier alpha value is -1.51. The molecular weight excluding hydrogens is 224 g/mol. The summed E-state index contributed by atoms with van der Waals surface area (Å²) in [4.78, 5) is 14.5. The first-order chi connectivity index (χ1) is 8.60. The molecule has 0 bridgehead atoms. The summed E-state index contributed by atoms with van der Waals surface area (Å²) >= 11 is 0. The molecule has 18 heavy (non-hydrogen) atoms. The van der Waals surface area contributed by atoms with Crippen LogP contribution in [0.2, 0.25) is 0 Å². The molecule has 0 radical (unpaired) electrons. The van der Waals surface area contributed by atoms with Crippen molar-refractivity contribution in [2.75, 3.05) is 17.7 Å². The number of nitrogen functional groups attached to an aromatic ring is 1. The predicted octanol–water partition coefficient (Wildman–Crippen LogP) is 3.20. The summed E-state index contributed by atoms with van der Waals surface area (Å²) in [5.74, 6) is 0.223. The smallest absolute Gasteiger partial charge is 0.232 e. The molecule has 0 spiro atoms. The van der Waals surface area contributed by atoms with E-state index in [9.17, 15) is 4.79 Å². The fourth-order valence-electron chi connectivity index (χ4n) is 3.03. The molecule has 1 aliphatic carbocycles. The third kappa shape index (κ3) is 2.09. The largest absolute Gasteiger partial charge is 0.397 e. The molecule has 98 valence electrons. The average Bonchev–Trinajstić information content (AvgIpc) is 2.87. The Morgan fingerprint density at radius 3 is 2.50 bits per heavy atom. The van der Waals surface area contributed by atoms with Crippen LogP contribution in [-0.2, 0) is 4.79 Å². The van der Waals surface area contributed by atoms with Crippen LogP contribution in [0.25, 0.3) is 0 Å². The molecule has 0 aromatic heterocycles. The first-order valence-corrected chi connectivity index (χ1v) is 6.73. The number of carbonyl (C=O) groups excluding carboxylic acids is 1. The van der Waals surface area contributed by atoms with Crippen LogP contribution in [0.5, 0.6) is 0 Å². The van der Waals surface area contributed by atoms with Gasteiger partial charge >= 0.3 is 0 Å². The van der Waals surface area contributed by atoms with Crippen molar-refractivity contribution in [2.45, 2.75) is 39.0 Å². The van der Waals surface area contributed by atoms with Crippen LogP contribution in [0, 0.1) is 5.41 Å². The molecule has 1 aromatic rings. The number of hydrogen-bond donors (Lipinski definition) is 1. The Bertz CT molecular complexity index is 436. The highest BCUT2D eigenvalue weighted by molar-refractivity contribution is 5.99. The molecular formula is C15H22N2O. The minimum atomic E-state index is -0.156. The number of nitrogens with zero attached hydrogens (tertiary/aromatic N) is 1. The first kappa shape index (κ1) is 12.9. The molecule has 3 nitrogen and oxygen atoms in total. The van der Waals surface area contributed by atoms with Crippen LogP contribution in [0.15, 0.2) is 24.3 Å². The number of para-hydroxylation sites is 2. The zero-order valence-electron chi connectivity index (χ0n) is 11.3. The standard InChI is InChI=1S/C15H22N2O/c1-3-15(10-6-7-11-15)14(18)17(2)13-9-5-4-8-12(13)16/h4-5,8-9H,3,6-7,10-11,16H2,1-2H3. The van der Waals surface area contributed by atoms with Crippen molar-refractivity contribution >= 4 is 17.3 Å². The van der Waals surface area contributed by atoms with Gasteiger partial charge < -0.3 is 10.6 Å². The molecule has 1 aliphatic rings. The molecule has 2 rings (SSSR count). The molecule has 1 fully saturated rings. The van der Waals surface area contributed by atoms with E-state index >= 15 is 0 Å². The molecule has 1 amide bonds. The Morgan fingerprint density at radius 1 is 1.33 bits per heavy atom. The summed E-state index contributed by atoms with van der Waals surface area (Å²) in [6, 6.07) is 7.56. The van der Waals surface area contributed by atoms with Crippen LogP contribution >= 0.6 is 0 Å². The summed E-state index contributed by atoms with van der Waals surface area (Å²) in [6.07, 6.45) is 5.27. The normalized spacial score (nSPS) is 17.7. The summed E-state index contributed by atoms with van der Waals surface area (Å²) in [7, 11) is 1.84. The minimum absolute atomic E-state index is 0.156. The fraction of sp³-hybridized carbons (Fsp3) is 0.533. The monoisotopic (exact) mass is 246 g/mol. The van der Waals surface area contributed by atoms with Gasteiger partial charge in [-0.05, 0) is 31.4 Å². The van der Waals surface area contributed by atoms with Gasteiger partial charge in [-0.3, -0.25) is 4.79 Å². The maximum Gasteiger partial charge on any atom is 0.232 e. The van der Waals surface area contributed by atoms with E-state index in [1.54, 1.807) is 4.90 Å². The second kappa shape index (κ2) is 5.01. The van der Waals surface area contributed by atoms with E-state index in [2.05, 4.69) is 6.92 Å². The third-order valence-electron chi connectivity index (χ3n) is 4.29. The quantitative estimate of drug-likeness (QED) is 0.832. The molecule has 1 saturated carbocycles. The van der Waals surface area contributed by atoms with Crippen LogP contribution in [-0.4, -0.2) is 13.0 Å². The highest BCUT2D eigenvalue weighted by atomic mass is 16.2. The van der Waals surface area contributed by atoms with Crippen molar-refractivity contribution in [3.8, 4) is 0 Å². The Morgan fingerprint density at radius 2 is 1.94 bits per heavy atom. The Kier molecular flexibility index (Phi) is 3.60. The topological polar surface area (TPSA) is 46.3 Å². The van der Waals surface area contributed by atoms with Gasteiger partial charge in [0.2, 0.25) is 5.91 Å². The van der Waals surface area contributed by atoms with E-state index in [1.165, 1.54) is 0 Å². The number of amides is 1. The van der Waals surface area contributed by atoms with Crippen molar-refractivity contribution < 1.29 is 4.79 Å². The predicted molar refractivity (Wildman–Crippen MR) is 75.5 cm³/mol. The molecule has 0 aliphatic heterocycles. The van der Waals surface area contributed by atoms with Crippen LogP contribution in [0.1, 0.15) is 39.0 Å². The average molecular weight is 246 g/mol. The lowest BCUT2D eigenvalue weighted by Crippen LogP contribution is -2.40. The molecule has 0 atom stereocenters. The van der Waals surface area contributed by atoms with Gasteiger partial charge in [-0.1, -0.05) is 31.9 Å². The molecule has 1 aromatic carbocycles. The van der Waals surface area contributed by atoms with Gasteiger partial charge in [0.15, 0.2) is 0 Å². The van der Waals surface area contributed by atoms with Gasteiger partial charge in [-0.15, -0.1) is 0 Å². The number of rotatable bonds is 3. The summed E-state index contributed by atoms with van der Waals surface area (Å²) in [6.45, 7) is 2.12. The zero-order valence-corrected chi connectivity index (χ0v) is 11.3. The van der Waals surface area contributed by atoms with Gasteiger partial charge in [0.05, 0.1) is 11.4 Å². The van der Waals surface area contributed by atoms with E-state index in [4.69, 9.17) is 5.73 Å². The number of benzene rings is 1. The van der Waals surface area contributed by atoms with Gasteiger partial charge in [0.1, 0.15) is 0 Å². The number of hydrogen-bond acceptors (Lipinski definition) is 2. The van der Waals surface area contributed by atoms with Gasteiger partial charge in [-0.25, -0.2) is 0 Å². The molecule has 0 saturated heterocycles. The number of nitrogens with two attached hydrogens (primary N) is 1. The second-order valence-corrected chi connectivity index (χ2v) is 5.26. The second-order valence-electron chi connectivity index (χ2n) is 5.26. The van der Waals surface area contributed by atoms with Crippen LogP contribution in [0.4, 0.5) is 11.4 Å². The lowest BCUT2D eigenvalue weighted by molar-refractivity contribution is -0.127. The summed E-state index contributed by atoms with van der Waals surface area (Å²) in [5.41, 5.74) is 7.28. The van der Waals surface area contributed by atoms with E-state index in [0.717, 1.165) is 37.8 Å². The SMILES string of the molecule is CCC1(C(=O)N(C)c2ccccc2N)CCCC1. The van der Waals surface area contributed by atoms with Crippen molar-refractivity contribution in [3.63, 3.8) is 0 Å². The van der Waals surface area contributed by atoms with Crippen molar-refractivity contribution in [3.05, 3.63) is 24.3 Å². The lowest BCUT2D eigenvalue weighted by Gasteiger charge is -2.32. The minimum Gasteiger partial charge on any atom is -0.397 e. The molecule has 0 heterocycles. The highest BCUT2D eigenvalue weighted by Crippen LogP contribution is 2.43. The van der Waals surface area contributed by atoms with Crippen molar-refractivity contribution in [2.24, 2.45) is 5.41 Å². The maximum atomic E-state index is 12.7. The molecule has 3 heteroatoms. The van der Waals surface area contributed by atoms with Gasteiger partial charge in [0, 0.05) is 12.5 Å². The molecule has 2 N–H and O–H groups in total. The van der Waals surface area contributed by atoms with E-state index < -0.39 is 0 Å². The fourth-order valence-corrected chi connectivity index (χ4v) is 3.03.